The largest absolute Gasteiger partial charge is 0.152 e. The lowest BCUT2D eigenvalue weighted by Crippen LogP contribution is -2.38. The van der Waals surface area contributed by atoms with Crippen LogP contribution in [0.4, 0.5) is 0 Å². The van der Waals surface area contributed by atoms with E-state index in [9.17, 15) is 0 Å². The van der Waals surface area contributed by atoms with Gasteiger partial charge in [-0.1, -0.05) is 52.8 Å². The van der Waals surface area contributed by atoms with Gasteiger partial charge in [0.15, 0.2) is 0 Å². The van der Waals surface area contributed by atoms with E-state index in [4.69, 9.17) is 0 Å². The van der Waals surface area contributed by atoms with Gasteiger partial charge in [0.25, 0.3) is 0 Å². The number of rotatable bonds is 7. The van der Waals surface area contributed by atoms with E-state index in [0.717, 1.165) is 5.92 Å². The molecule has 0 radical (unpaired) electrons. The normalized spacial score (nSPS) is 16.4. The summed E-state index contributed by atoms with van der Waals surface area (Å²) in [5.41, 5.74) is 1.61. The molecule has 1 atom stereocenters. The zero-order valence-corrected chi connectivity index (χ0v) is 15.3. The second kappa shape index (κ2) is 7.57. The molecule has 19 heavy (non-hydrogen) atoms. The molecule has 0 aliphatic rings. The third-order valence-corrected chi connectivity index (χ3v) is 5.88. The topological polar surface area (TPSA) is 0 Å². The first kappa shape index (κ1) is 18.8. The number of thioether (sulfide) groups is 1. The smallest absolute Gasteiger partial charge is 0.0197 e. The second-order valence-corrected chi connectivity index (χ2v) is 9.00. The molecule has 0 aliphatic carbocycles. The van der Waals surface area contributed by atoms with Gasteiger partial charge in [0, 0.05) is 15.4 Å². The van der Waals surface area contributed by atoms with Crippen molar-refractivity contribution in [1.82, 2.24) is 0 Å². The van der Waals surface area contributed by atoms with Crippen LogP contribution in [0.25, 0.3) is 0 Å². The molecule has 0 rings (SSSR count). The van der Waals surface area contributed by atoms with Crippen LogP contribution in [-0.2, 0) is 0 Å². The second-order valence-electron chi connectivity index (χ2n) is 6.94. The van der Waals surface area contributed by atoms with Crippen molar-refractivity contribution in [3.05, 3.63) is 23.8 Å². The van der Waals surface area contributed by atoms with E-state index in [1.807, 2.05) is 0 Å². The van der Waals surface area contributed by atoms with Gasteiger partial charge < -0.3 is 0 Å². The average molecular weight is 283 g/mol. The van der Waals surface area contributed by atoms with E-state index in [0.29, 0.717) is 5.25 Å². The first-order chi connectivity index (χ1) is 8.58. The zero-order chi connectivity index (χ0) is 15.3. The molecule has 0 nitrogen and oxygen atoms in total. The van der Waals surface area contributed by atoms with E-state index in [1.54, 1.807) is 0 Å². The van der Waals surface area contributed by atoms with Crippen LogP contribution >= 0.6 is 11.8 Å². The Morgan fingerprint density at radius 2 is 1.58 bits per heavy atom. The first-order valence-electron chi connectivity index (χ1n) is 7.55. The lowest BCUT2D eigenvalue weighted by molar-refractivity contribution is 0.353. The first-order valence-corrected chi connectivity index (χ1v) is 8.43. The molecule has 0 fully saturated rings. The lowest BCUT2D eigenvalue weighted by atomic mass is 9.73. The Morgan fingerprint density at radius 3 is 1.95 bits per heavy atom. The average Bonchev–Trinajstić information content (AvgIpc) is 2.22. The summed E-state index contributed by atoms with van der Waals surface area (Å²) < 4.78 is 0.225. The highest BCUT2D eigenvalue weighted by Gasteiger charge is 2.40. The Labute approximate surface area is 126 Å². The number of allylic oxidation sites excluding steroid dienone is 4. The molecular weight excluding hydrogens is 248 g/mol. The Balaban J connectivity index is 5.05. The van der Waals surface area contributed by atoms with Gasteiger partial charge in [-0.3, -0.25) is 0 Å². The molecule has 112 valence electrons. The van der Waals surface area contributed by atoms with Crippen molar-refractivity contribution in [2.75, 3.05) is 0 Å². The lowest BCUT2D eigenvalue weighted by Gasteiger charge is -2.44. The molecule has 1 heteroatoms. The molecule has 0 aromatic rings. The van der Waals surface area contributed by atoms with Gasteiger partial charge in [-0.15, -0.1) is 0 Å². The summed E-state index contributed by atoms with van der Waals surface area (Å²) in [5, 5.41) is 0.706. The molecular formula is C18H34S. The van der Waals surface area contributed by atoms with Crippen LogP contribution in [0, 0.1) is 11.3 Å². The minimum atomic E-state index is 0.171. The zero-order valence-electron chi connectivity index (χ0n) is 14.5. The highest BCUT2D eigenvalue weighted by atomic mass is 32.2. The fourth-order valence-electron chi connectivity index (χ4n) is 2.55. The van der Waals surface area contributed by atoms with Crippen LogP contribution in [0.3, 0.4) is 0 Å². The summed E-state index contributed by atoms with van der Waals surface area (Å²) in [5.74, 6) is 0.776. The molecule has 0 heterocycles. The van der Waals surface area contributed by atoms with Crippen LogP contribution in [0.2, 0.25) is 0 Å². The van der Waals surface area contributed by atoms with Crippen LogP contribution in [0.15, 0.2) is 23.8 Å². The monoisotopic (exact) mass is 282 g/mol. The molecule has 0 aromatic heterocycles. The fraction of sp³-hybridized carbons (Fsp3) is 0.778. The molecule has 0 spiro atoms. The van der Waals surface area contributed by atoms with Crippen LogP contribution in [0.5, 0.6) is 0 Å². The predicted molar refractivity (Wildman–Crippen MR) is 92.9 cm³/mol. The minimum absolute atomic E-state index is 0.171. The van der Waals surface area contributed by atoms with Gasteiger partial charge in [0.2, 0.25) is 0 Å². The molecule has 0 N–H and O–H groups in total. The van der Waals surface area contributed by atoms with E-state index >= 15 is 0 Å². The molecule has 0 bridgehead atoms. The highest BCUT2D eigenvalue weighted by molar-refractivity contribution is 8.01. The maximum Gasteiger partial charge on any atom is 0.0197 e. The molecule has 0 saturated heterocycles. The van der Waals surface area contributed by atoms with Crippen molar-refractivity contribution in [2.24, 2.45) is 11.3 Å². The van der Waals surface area contributed by atoms with Gasteiger partial charge in [0.05, 0.1) is 0 Å². The Hall–Kier alpha value is -0.170. The molecule has 1 unspecified atom stereocenters. The summed E-state index contributed by atoms with van der Waals surface area (Å²) in [4.78, 5) is 0. The van der Waals surface area contributed by atoms with Gasteiger partial charge in [-0.05, 0) is 45.6 Å². The van der Waals surface area contributed by atoms with Crippen LogP contribution in [0.1, 0.15) is 68.7 Å². The van der Waals surface area contributed by atoms with Crippen molar-refractivity contribution >= 4 is 11.8 Å². The quantitative estimate of drug-likeness (QED) is 0.481. The van der Waals surface area contributed by atoms with Crippen molar-refractivity contribution < 1.29 is 0 Å². The van der Waals surface area contributed by atoms with E-state index in [2.05, 4.69) is 92.3 Å². The Bertz CT molecular complexity index is 319. The van der Waals surface area contributed by atoms with Crippen LogP contribution < -0.4 is 0 Å². The summed E-state index contributed by atoms with van der Waals surface area (Å²) in [7, 11) is 0. The van der Waals surface area contributed by atoms with Gasteiger partial charge in [-0.2, -0.15) is 11.8 Å². The maximum atomic E-state index is 2.39. The number of hydrogen-bond donors (Lipinski definition) is 0. The van der Waals surface area contributed by atoms with Gasteiger partial charge >= 0.3 is 0 Å². The van der Waals surface area contributed by atoms with Crippen molar-refractivity contribution in [3.8, 4) is 0 Å². The Morgan fingerprint density at radius 1 is 1.05 bits per heavy atom. The predicted octanol–water partition coefficient (Wildman–Crippen LogP) is 6.48. The van der Waals surface area contributed by atoms with E-state index in [-0.39, 0.29) is 10.2 Å². The molecule has 0 amide bonds. The molecule has 0 saturated carbocycles. The van der Waals surface area contributed by atoms with E-state index < -0.39 is 0 Å². The summed E-state index contributed by atoms with van der Waals surface area (Å²) >= 11 is 2.13. The van der Waals surface area contributed by atoms with Gasteiger partial charge in [-0.25, -0.2) is 0 Å². The third-order valence-electron chi connectivity index (χ3n) is 4.18. The van der Waals surface area contributed by atoms with E-state index in [1.165, 1.54) is 12.0 Å². The third kappa shape index (κ3) is 5.38. The molecule has 0 aliphatic heterocycles. The van der Waals surface area contributed by atoms with Crippen LogP contribution in [-0.4, -0.2) is 10.00 Å². The maximum absolute atomic E-state index is 2.39. The van der Waals surface area contributed by atoms with Crippen molar-refractivity contribution in [2.45, 2.75) is 78.7 Å². The molecule has 0 aromatic carbocycles. The highest BCUT2D eigenvalue weighted by Crippen LogP contribution is 2.49. The summed E-state index contributed by atoms with van der Waals surface area (Å²) in [6.45, 7) is 20.8. The van der Waals surface area contributed by atoms with Gasteiger partial charge in [0.1, 0.15) is 0 Å². The standard InChI is InChI=1S/C18H34S/c1-10-12-16(11-2)17(6,7)18(8,9)19-15(5)13-14(3)4/h10-12,14-15H,13H2,1-9H3/b12-10-,16-11+. The SMILES string of the molecule is C/C=C\C(=C/C)C(C)(C)C(C)(C)SC(C)CC(C)C. The summed E-state index contributed by atoms with van der Waals surface area (Å²) in [6.07, 6.45) is 7.96. The fourth-order valence-corrected chi connectivity index (χ4v) is 4.45. The Kier molecular flexibility index (Phi) is 7.50. The summed E-state index contributed by atoms with van der Waals surface area (Å²) in [6, 6.07) is 0. The van der Waals surface area contributed by atoms with Crippen molar-refractivity contribution in [1.29, 1.82) is 0 Å². The van der Waals surface area contributed by atoms with Crippen molar-refractivity contribution in [3.63, 3.8) is 0 Å². The number of hydrogen-bond acceptors (Lipinski definition) is 1. The minimum Gasteiger partial charge on any atom is -0.152 e.